The zero-order valence-electron chi connectivity index (χ0n) is 12.1. The summed E-state index contributed by atoms with van der Waals surface area (Å²) in [7, 11) is 0. The Balaban J connectivity index is 1.55. The quantitative estimate of drug-likeness (QED) is 0.769. The lowest BCUT2D eigenvalue weighted by Gasteiger charge is -2.36. The second-order valence-corrected chi connectivity index (χ2v) is 6.13. The fourth-order valence-corrected chi connectivity index (χ4v) is 3.66. The van der Waals surface area contributed by atoms with Gasteiger partial charge < -0.3 is 9.47 Å². The average molecular weight is 272 g/mol. The lowest BCUT2D eigenvalue weighted by molar-refractivity contribution is -0.0308. The predicted molar refractivity (Wildman–Crippen MR) is 80.9 cm³/mol. The minimum atomic E-state index is 0.0944. The highest BCUT2D eigenvalue weighted by Crippen LogP contribution is 2.45. The molecule has 0 N–H and O–H groups in total. The van der Waals surface area contributed by atoms with Crippen molar-refractivity contribution in [2.45, 2.75) is 49.7 Å². The fourth-order valence-electron chi connectivity index (χ4n) is 3.66. The first-order chi connectivity index (χ1) is 9.81. The first-order valence-electron chi connectivity index (χ1n) is 7.73. The molecule has 1 aliphatic carbocycles. The summed E-state index contributed by atoms with van der Waals surface area (Å²) in [6.07, 6.45) is 7.94. The zero-order valence-corrected chi connectivity index (χ0v) is 12.1. The van der Waals surface area contributed by atoms with Crippen molar-refractivity contribution in [1.82, 2.24) is 0 Å². The molecule has 1 saturated heterocycles. The molecule has 108 valence electrons. The maximum Gasteiger partial charge on any atom is 0.0840 e. The fraction of sp³-hybridized carbons (Fsp3) is 0.556. The Morgan fingerprint density at radius 2 is 2.00 bits per heavy atom. The molecule has 20 heavy (non-hydrogen) atoms. The molecule has 1 heterocycles. The van der Waals surface area contributed by atoms with E-state index >= 15 is 0 Å². The highest BCUT2D eigenvalue weighted by Gasteiger charge is 2.43. The molecule has 1 aromatic rings. The monoisotopic (exact) mass is 272 g/mol. The first kappa shape index (κ1) is 13.8. The Morgan fingerprint density at radius 1 is 1.25 bits per heavy atom. The molecule has 1 atom stereocenters. The lowest BCUT2D eigenvalue weighted by atomic mass is 9.75. The average Bonchev–Trinajstić information content (AvgIpc) is 2.90. The van der Waals surface area contributed by atoms with E-state index in [2.05, 4.69) is 36.9 Å². The molecule has 2 aliphatic rings. The van der Waals surface area contributed by atoms with Crippen LogP contribution in [0, 0.1) is 0 Å². The van der Waals surface area contributed by atoms with Crippen LogP contribution in [0.4, 0.5) is 0 Å². The van der Waals surface area contributed by atoms with Crippen LogP contribution in [0.2, 0.25) is 0 Å². The maximum atomic E-state index is 6.12. The van der Waals surface area contributed by atoms with Crippen molar-refractivity contribution < 1.29 is 9.47 Å². The van der Waals surface area contributed by atoms with Crippen molar-refractivity contribution in [1.29, 1.82) is 0 Å². The van der Waals surface area contributed by atoms with E-state index in [1.54, 1.807) is 0 Å². The lowest BCUT2D eigenvalue weighted by Crippen LogP contribution is -2.33. The van der Waals surface area contributed by atoms with Gasteiger partial charge in [0.25, 0.3) is 0 Å². The molecule has 2 heteroatoms. The van der Waals surface area contributed by atoms with Crippen LogP contribution >= 0.6 is 0 Å². The summed E-state index contributed by atoms with van der Waals surface area (Å²) >= 11 is 0. The van der Waals surface area contributed by atoms with Gasteiger partial charge in [0, 0.05) is 6.42 Å². The summed E-state index contributed by atoms with van der Waals surface area (Å²) in [6, 6.07) is 10.9. The molecular weight excluding hydrogens is 248 g/mol. The van der Waals surface area contributed by atoms with Gasteiger partial charge >= 0.3 is 0 Å². The van der Waals surface area contributed by atoms with Crippen LogP contribution in [0.5, 0.6) is 0 Å². The van der Waals surface area contributed by atoms with Gasteiger partial charge in [-0.1, -0.05) is 36.4 Å². The topological polar surface area (TPSA) is 18.5 Å². The molecule has 0 radical (unpaired) electrons. The van der Waals surface area contributed by atoms with E-state index in [9.17, 15) is 0 Å². The van der Waals surface area contributed by atoms with Gasteiger partial charge in [0.2, 0.25) is 0 Å². The van der Waals surface area contributed by atoms with Crippen LogP contribution in [-0.4, -0.2) is 24.9 Å². The summed E-state index contributed by atoms with van der Waals surface area (Å²) in [6.45, 7) is 5.09. The summed E-state index contributed by atoms with van der Waals surface area (Å²) in [5.41, 5.74) is 1.58. The molecule has 1 aliphatic heterocycles. The molecule has 0 amide bonds. The van der Waals surface area contributed by atoms with Crippen molar-refractivity contribution in [2.75, 3.05) is 13.2 Å². The number of benzene rings is 1. The highest BCUT2D eigenvalue weighted by atomic mass is 16.6. The highest BCUT2D eigenvalue weighted by molar-refractivity contribution is 5.20. The van der Waals surface area contributed by atoms with Gasteiger partial charge in [0.05, 0.1) is 24.9 Å². The zero-order chi connectivity index (χ0) is 13.8. The number of hydrogen-bond acceptors (Lipinski definition) is 2. The van der Waals surface area contributed by atoms with Crippen LogP contribution in [0.1, 0.15) is 43.6 Å². The minimum Gasteiger partial charge on any atom is -0.372 e. The Labute approximate surface area is 121 Å². The van der Waals surface area contributed by atoms with Gasteiger partial charge in [-0.05, 0) is 37.2 Å². The Kier molecular flexibility index (Phi) is 4.23. The van der Waals surface area contributed by atoms with Crippen LogP contribution in [0.3, 0.4) is 0 Å². The predicted octanol–water partition coefficient (Wildman–Crippen LogP) is 4.07. The van der Waals surface area contributed by atoms with E-state index in [1.165, 1.54) is 31.2 Å². The van der Waals surface area contributed by atoms with Gasteiger partial charge in [-0.15, -0.1) is 6.58 Å². The Bertz CT molecular complexity index is 432. The molecular formula is C18H24O2. The van der Waals surface area contributed by atoms with Crippen LogP contribution < -0.4 is 0 Å². The Morgan fingerprint density at radius 3 is 2.70 bits per heavy atom. The number of hydrogen-bond donors (Lipinski definition) is 0. The van der Waals surface area contributed by atoms with E-state index in [0.29, 0.717) is 12.5 Å². The molecule has 1 unspecified atom stereocenters. The minimum absolute atomic E-state index is 0.0944. The van der Waals surface area contributed by atoms with Gasteiger partial charge in [0.1, 0.15) is 0 Å². The van der Waals surface area contributed by atoms with Gasteiger partial charge in [-0.25, -0.2) is 0 Å². The largest absolute Gasteiger partial charge is 0.372 e. The number of ether oxygens (including phenoxy) is 2. The van der Waals surface area contributed by atoms with Crippen LogP contribution in [0.15, 0.2) is 43.0 Å². The SMILES string of the molecule is C=CCOC1COC2(CCC(c3ccccc3)CC2)C1. The standard InChI is InChI=1S/C18H24O2/c1-2-12-19-17-13-18(20-14-17)10-8-16(9-11-18)15-6-4-3-5-7-15/h2-7,16-17H,1,8-14H2. The van der Waals surface area contributed by atoms with Gasteiger partial charge in [0.15, 0.2) is 0 Å². The third kappa shape index (κ3) is 2.97. The van der Waals surface area contributed by atoms with Crippen molar-refractivity contribution in [3.63, 3.8) is 0 Å². The molecule has 2 nitrogen and oxygen atoms in total. The summed E-state index contributed by atoms with van der Waals surface area (Å²) in [5, 5.41) is 0. The third-order valence-corrected chi connectivity index (χ3v) is 4.79. The van der Waals surface area contributed by atoms with Crippen molar-refractivity contribution in [3.05, 3.63) is 48.6 Å². The summed E-state index contributed by atoms with van der Waals surface area (Å²) in [4.78, 5) is 0. The second-order valence-electron chi connectivity index (χ2n) is 6.13. The van der Waals surface area contributed by atoms with E-state index in [0.717, 1.165) is 13.0 Å². The van der Waals surface area contributed by atoms with E-state index in [4.69, 9.17) is 9.47 Å². The summed E-state index contributed by atoms with van der Waals surface area (Å²) in [5.74, 6) is 0.707. The first-order valence-corrected chi connectivity index (χ1v) is 7.73. The van der Waals surface area contributed by atoms with Crippen molar-refractivity contribution >= 4 is 0 Å². The van der Waals surface area contributed by atoms with Crippen LogP contribution in [0.25, 0.3) is 0 Å². The molecule has 0 aromatic heterocycles. The molecule has 1 spiro atoms. The molecule has 2 fully saturated rings. The van der Waals surface area contributed by atoms with Crippen molar-refractivity contribution in [2.24, 2.45) is 0 Å². The van der Waals surface area contributed by atoms with Crippen molar-refractivity contribution in [3.8, 4) is 0 Å². The van der Waals surface area contributed by atoms with E-state index in [1.807, 2.05) is 6.08 Å². The maximum absolute atomic E-state index is 6.12. The second kappa shape index (κ2) is 6.11. The van der Waals surface area contributed by atoms with E-state index in [-0.39, 0.29) is 11.7 Å². The third-order valence-electron chi connectivity index (χ3n) is 4.79. The van der Waals surface area contributed by atoms with Crippen LogP contribution in [-0.2, 0) is 9.47 Å². The molecule has 1 aromatic carbocycles. The van der Waals surface area contributed by atoms with E-state index < -0.39 is 0 Å². The molecule has 3 rings (SSSR count). The molecule has 1 saturated carbocycles. The molecule has 0 bridgehead atoms. The van der Waals surface area contributed by atoms with Gasteiger partial charge in [-0.2, -0.15) is 0 Å². The normalized spacial score (nSPS) is 33.4. The van der Waals surface area contributed by atoms with Gasteiger partial charge in [-0.3, -0.25) is 0 Å². The summed E-state index contributed by atoms with van der Waals surface area (Å²) < 4.78 is 11.9. The number of rotatable bonds is 4. The Hall–Kier alpha value is -1.12. The smallest absolute Gasteiger partial charge is 0.0840 e.